The Morgan fingerprint density at radius 2 is 2.14 bits per heavy atom. The highest BCUT2D eigenvalue weighted by Gasteiger charge is 2.66. The molecule has 3 aliphatic heterocycles. The summed E-state index contributed by atoms with van der Waals surface area (Å²) < 4.78 is 5.84. The van der Waals surface area contributed by atoms with Crippen molar-refractivity contribution in [2.45, 2.75) is 18.2 Å². The van der Waals surface area contributed by atoms with Crippen LogP contribution >= 0.6 is 0 Å². The van der Waals surface area contributed by atoms with Gasteiger partial charge >= 0.3 is 5.97 Å². The average Bonchev–Trinajstić information content (AvgIpc) is 3.09. The molecule has 3 aliphatic rings. The molecule has 0 radical (unpaired) electrons. The number of hydrogen-bond acceptors (Lipinski definition) is 3. The van der Waals surface area contributed by atoms with Gasteiger partial charge in [-0.25, -0.2) is 0 Å². The van der Waals surface area contributed by atoms with Gasteiger partial charge in [-0.2, -0.15) is 0 Å². The molecule has 4 atom stereocenters. The molecule has 5 nitrogen and oxygen atoms in total. The second-order valence-corrected chi connectivity index (χ2v) is 5.92. The number of fused-ring (bicyclic) bond motifs is 1. The zero-order chi connectivity index (χ0) is 14.6. The number of benzene rings is 1. The molecule has 0 aromatic heterocycles. The molecule has 0 unspecified atom stereocenters. The molecule has 1 amide bonds. The zero-order valence-corrected chi connectivity index (χ0v) is 11.3. The van der Waals surface area contributed by atoms with Gasteiger partial charge in [-0.3, -0.25) is 9.59 Å². The monoisotopic (exact) mass is 285 g/mol. The van der Waals surface area contributed by atoms with Gasteiger partial charge < -0.3 is 14.7 Å². The van der Waals surface area contributed by atoms with Gasteiger partial charge in [0.2, 0.25) is 5.91 Å². The Balaban J connectivity index is 1.63. The lowest BCUT2D eigenvalue weighted by Crippen LogP contribution is -2.39. The van der Waals surface area contributed by atoms with Gasteiger partial charge in [0, 0.05) is 6.54 Å². The SMILES string of the molecule is O=C(O)[C@@H]1[C@H]2C=C[C@@]3(CN(Cc4ccccc4)C(=O)[C@@H]13)O2. The smallest absolute Gasteiger partial charge is 0.310 e. The summed E-state index contributed by atoms with van der Waals surface area (Å²) in [6, 6.07) is 9.70. The fourth-order valence-electron chi connectivity index (χ4n) is 3.80. The van der Waals surface area contributed by atoms with Gasteiger partial charge in [0.15, 0.2) is 0 Å². The lowest BCUT2D eigenvalue weighted by Gasteiger charge is -2.21. The molecule has 1 aromatic rings. The first kappa shape index (κ1) is 12.6. The predicted molar refractivity (Wildman–Crippen MR) is 73.2 cm³/mol. The van der Waals surface area contributed by atoms with Crippen molar-refractivity contribution in [3.05, 3.63) is 48.0 Å². The van der Waals surface area contributed by atoms with Crippen LogP contribution in [-0.4, -0.2) is 40.1 Å². The second kappa shape index (κ2) is 4.18. The van der Waals surface area contributed by atoms with E-state index in [0.717, 1.165) is 5.56 Å². The molecule has 2 bridgehead atoms. The average molecular weight is 285 g/mol. The lowest BCUT2D eigenvalue weighted by atomic mass is 9.77. The van der Waals surface area contributed by atoms with E-state index in [1.165, 1.54) is 0 Å². The molecule has 5 heteroatoms. The number of carboxylic acids is 1. The Kier molecular flexibility index (Phi) is 2.50. The maximum absolute atomic E-state index is 12.6. The highest BCUT2D eigenvalue weighted by Crippen LogP contribution is 2.52. The normalized spacial score (nSPS) is 36.3. The maximum atomic E-state index is 12.6. The van der Waals surface area contributed by atoms with Gasteiger partial charge in [0.25, 0.3) is 0 Å². The summed E-state index contributed by atoms with van der Waals surface area (Å²) in [6.07, 6.45) is 3.20. The van der Waals surface area contributed by atoms with E-state index in [2.05, 4.69) is 0 Å². The zero-order valence-electron chi connectivity index (χ0n) is 11.3. The fraction of sp³-hybridized carbons (Fsp3) is 0.375. The Hall–Kier alpha value is -2.14. The highest BCUT2D eigenvalue weighted by atomic mass is 16.5. The van der Waals surface area contributed by atoms with Crippen LogP contribution in [0.4, 0.5) is 0 Å². The number of amides is 1. The lowest BCUT2D eigenvalue weighted by molar-refractivity contribution is -0.148. The number of carbonyl (C=O) groups excluding carboxylic acids is 1. The number of nitrogens with zero attached hydrogens (tertiary/aromatic N) is 1. The summed E-state index contributed by atoms with van der Waals surface area (Å²) in [5.74, 6) is -2.42. The van der Waals surface area contributed by atoms with Crippen molar-refractivity contribution in [3.8, 4) is 0 Å². The largest absolute Gasteiger partial charge is 0.481 e. The Morgan fingerprint density at radius 3 is 2.86 bits per heavy atom. The van der Waals surface area contributed by atoms with Gasteiger partial charge in [0.05, 0.1) is 18.6 Å². The minimum absolute atomic E-state index is 0.113. The Bertz CT molecular complexity index is 641. The standard InChI is InChI=1S/C16H15NO4/c18-14-13-12(15(19)20)11-6-7-16(13,21-11)9-17(14)8-10-4-2-1-3-5-10/h1-7,11-13H,8-9H2,(H,19,20)/t11-,12-,13-,16+/m1/s1. The fourth-order valence-corrected chi connectivity index (χ4v) is 3.80. The first-order chi connectivity index (χ1) is 10.1. The number of aliphatic carboxylic acids is 1. The molecule has 1 N–H and O–H groups in total. The van der Waals surface area contributed by atoms with E-state index in [0.29, 0.717) is 13.1 Å². The summed E-state index contributed by atoms with van der Waals surface area (Å²) in [7, 11) is 0. The first-order valence-electron chi connectivity index (χ1n) is 7.03. The molecular formula is C16H15NO4. The predicted octanol–water partition coefficient (Wildman–Crippen LogP) is 1.05. The van der Waals surface area contributed by atoms with Crippen LogP contribution in [0.15, 0.2) is 42.5 Å². The van der Waals surface area contributed by atoms with Gasteiger partial charge in [-0.1, -0.05) is 42.5 Å². The van der Waals surface area contributed by atoms with E-state index in [9.17, 15) is 14.7 Å². The number of carbonyl (C=O) groups is 2. The van der Waals surface area contributed by atoms with Crippen LogP contribution in [0.3, 0.4) is 0 Å². The minimum atomic E-state index is -0.953. The molecule has 1 aromatic carbocycles. The van der Waals surface area contributed by atoms with Crippen LogP contribution in [0.2, 0.25) is 0 Å². The number of rotatable bonds is 3. The summed E-state index contributed by atoms with van der Waals surface area (Å²) in [5, 5.41) is 9.39. The highest BCUT2D eigenvalue weighted by molar-refractivity contribution is 5.90. The van der Waals surface area contributed by atoms with E-state index in [-0.39, 0.29) is 5.91 Å². The maximum Gasteiger partial charge on any atom is 0.310 e. The molecule has 0 aliphatic carbocycles. The molecule has 108 valence electrons. The molecule has 4 rings (SSSR count). The summed E-state index contributed by atoms with van der Waals surface area (Å²) in [6.45, 7) is 0.925. The molecule has 21 heavy (non-hydrogen) atoms. The Morgan fingerprint density at radius 1 is 1.38 bits per heavy atom. The van der Waals surface area contributed by atoms with Crippen LogP contribution < -0.4 is 0 Å². The van der Waals surface area contributed by atoms with Crippen molar-refractivity contribution in [1.29, 1.82) is 0 Å². The first-order valence-corrected chi connectivity index (χ1v) is 7.03. The number of carboxylic acid groups (broad SMARTS) is 1. The molecule has 2 fully saturated rings. The van der Waals surface area contributed by atoms with Crippen LogP contribution in [0, 0.1) is 11.8 Å². The molecular weight excluding hydrogens is 270 g/mol. The molecule has 0 saturated carbocycles. The van der Waals surface area contributed by atoms with E-state index in [1.807, 2.05) is 36.4 Å². The van der Waals surface area contributed by atoms with Crippen molar-refractivity contribution >= 4 is 11.9 Å². The van der Waals surface area contributed by atoms with E-state index in [4.69, 9.17) is 4.74 Å². The second-order valence-electron chi connectivity index (χ2n) is 5.92. The van der Waals surface area contributed by atoms with Crippen molar-refractivity contribution in [3.63, 3.8) is 0 Å². The summed E-state index contributed by atoms with van der Waals surface area (Å²) in [4.78, 5) is 25.8. The third-order valence-corrected chi connectivity index (χ3v) is 4.68. The summed E-state index contributed by atoms with van der Waals surface area (Å²) in [5.41, 5.74) is 0.298. The van der Waals surface area contributed by atoms with Crippen molar-refractivity contribution < 1.29 is 19.4 Å². The third kappa shape index (κ3) is 1.67. The van der Waals surface area contributed by atoms with Crippen LogP contribution in [0.1, 0.15) is 5.56 Å². The third-order valence-electron chi connectivity index (χ3n) is 4.68. The van der Waals surface area contributed by atoms with Crippen LogP contribution in [-0.2, 0) is 20.9 Å². The van der Waals surface area contributed by atoms with Crippen LogP contribution in [0.25, 0.3) is 0 Å². The van der Waals surface area contributed by atoms with Gasteiger partial charge in [0.1, 0.15) is 11.5 Å². The topological polar surface area (TPSA) is 66.8 Å². The number of hydrogen-bond donors (Lipinski definition) is 1. The van der Waals surface area contributed by atoms with Gasteiger partial charge in [-0.05, 0) is 5.56 Å². The van der Waals surface area contributed by atoms with Crippen molar-refractivity contribution in [2.75, 3.05) is 6.54 Å². The molecule has 3 heterocycles. The molecule has 2 saturated heterocycles. The van der Waals surface area contributed by atoms with Crippen LogP contribution in [0.5, 0.6) is 0 Å². The molecule has 1 spiro atoms. The van der Waals surface area contributed by atoms with E-state index in [1.54, 1.807) is 11.0 Å². The van der Waals surface area contributed by atoms with Crippen molar-refractivity contribution in [1.82, 2.24) is 4.90 Å². The Labute approximate surface area is 121 Å². The van der Waals surface area contributed by atoms with Crippen molar-refractivity contribution in [2.24, 2.45) is 11.8 Å². The van der Waals surface area contributed by atoms with E-state index < -0.39 is 29.5 Å². The van der Waals surface area contributed by atoms with Gasteiger partial charge in [-0.15, -0.1) is 0 Å². The summed E-state index contributed by atoms with van der Waals surface area (Å²) >= 11 is 0. The minimum Gasteiger partial charge on any atom is -0.481 e. The van der Waals surface area contributed by atoms with E-state index >= 15 is 0 Å². The number of ether oxygens (including phenoxy) is 1. The quantitative estimate of drug-likeness (QED) is 0.843. The number of likely N-dealkylation sites (tertiary alicyclic amines) is 1.